The first-order valence-electron chi connectivity index (χ1n) is 8.29. The first-order valence-corrected chi connectivity index (χ1v) is 8.29. The number of pyridine rings is 1. The number of benzene rings is 2. The molecule has 3 aromatic rings. The van der Waals surface area contributed by atoms with Crippen LogP contribution in [0.4, 0.5) is 0 Å². The number of nitrogen functional groups attached to an aromatic ring is 1. The summed E-state index contributed by atoms with van der Waals surface area (Å²) in [5.41, 5.74) is 1.62. The monoisotopic (exact) mass is 335 g/mol. The Morgan fingerprint density at radius 3 is 2.32 bits per heavy atom. The van der Waals surface area contributed by atoms with Gasteiger partial charge in [-0.15, -0.1) is 0 Å². The van der Waals surface area contributed by atoms with E-state index in [1.54, 1.807) is 25.1 Å². The minimum atomic E-state index is -0.306. The lowest BCUT2D eigenvalue weighted by Gasteiger charge is -2.20. The number of carbonyl (C=O) groups is 1. The number of nitrogens with two attached hydrogens (primary N) is 1. The molecule has 5 nitrogen and oxygen atoms in total. The van der Waals surface area contributed by atoms with Crippen molar-refractivity contribution in [2.24, 2.45) is 0 Å². The van der Waals surface area contributed by atoms with E-state index in [0.29, 0.717) is 22.0 Å². The van der Waals surface area contributed by atoms with Gasteiger partial charge in [0.1, 0.15) is 0 Å². The second kappa shape index (κ2) is 6.81. The molecular formula is C20H21N3O2. The van der Waals surface area contributed by atoms with Gasteiger partial charge in [-0.2, -0.15) is 0 Å². The molecule has 1 atom stereocenters. The zero-order valence-electron chi connectivity index (χ0n) is 14.3. The van der Waals surface area contributed by atoms with Crippen molar-refractivity contribution in [1.29, 1.82) is 0 Å². The van der Waals surface area contributed by atoms with E-state index < -0.39 is 0 Å². The Morgan fingerprint density at radius 1 is 1.08 bits per heavy atom. The Kier molecular flexibility index (Phi) is 4.57. The average molecular weight is 335 g/mol. The van der Waals surface area contributed by atoms with E-state index in [2.05, 4.69) is 5.32 Å². The SMILES string of the molecule is CCC(NC(=O)c1c(C)n(N)c(=O)c2ccccc12)c1ccccc1. The van der Waals surface area contributed by atoms with Crippen LogP contribution in [0.1, 0.15) is 41.0 Å². The van der Waals surface area contributed by atoms with Crippen LogP contribution in [0.15, 0.2) is 59.4 Å². The van der Waals surface area contributed by atoms with E-state index in [1.807, 2.05) is 43.3 Å². The van der Waals surface area contributed by atoms with Crippen LogP contribution in [-0.2, 0) is 0 Å². The molecule has 1 heterocycles. The van der Waals surface area contributed by atoms with Crippen LogP contribution in [0.25, 0.3) is 10.8 Å². The highest BCUT2D eigenvalue weighted by Gasteiger charge is 2.21. The molecule has 0 bridgehead atoms. The van der Waals surface area contributed by atoms with Crippen molar-refractivity contribution in [2.45, 2.75) is 26.3 Å². The van der Waals surface area contributed by atoms with E-state index in [0.717, 1.165) is 16.7 Å². The fourth-order valence-corrected chi connectivity index (χ4v) is 3.11. The zero-order valence-corrected chi connectivity index (χ0v) is 14.3. The van der Waals surface area contributed by atoms with Crippen LogP contribution >= 0.6 is 0 Å². The van der Waals surface area contributed by atoms with Crippen molar-refractivity contribution >= 4 is 16.7 Å². The highest BCUT2D eigenvalue weighted by atomic mass is 16.2. The Labute approximate surface area is 146 Å². The summed E-state index contributed by atoms with van der Waals surface area (Å²) >= 11 is 0. The topological polar surface area (TPSA) is 77.1 Å². The number of carbonyl (C=O) groups excluding carboxylic acids is 1. The van der Waals surface area contributed by atoms with Crippen molar-refractivity contribution in [3.8, 4) is 0 Å². The van der Waals surface area contributed by atoms with E-state index in [-0.39, 0.29) is 17.5 Å². The lowest BCUT2D eigenvalue weighted by Crippen LogP contribution is -2.35. The summed E-state index contributed by atoms with van der Waals surface area (Å²) in [7, 11) is 0. The smallest absolute Gasteiger partial charge is 0.276 e. The van der Waals surface area contributed by atoms with Gasteiger partial charge in [0.15, 0.2) is 0 Å². The lowest BCUT2D eigenvalue weighted by atomic mass is 10.0. The maximum atomic E-state index is 13.0. The molecule has 3 N–H and O–H groups in total. The number of rotatable bonds is 4. The molecule has 0 saturated heterocycles. The fourth-order valence-electron chi connectivity index (χ4n) is 3.11. The number of fused-ring (bicyclic) bond motifs is 1. The molecule has 0 spiro atoms. The molecule has 25 heavy (non-hydrogen) atoms. The number of hydrogen-bond donors (Lipinski definition) is 2. The standard InChI is InChI=1S/C20H21N3O2/c1-3-17(14-9-5-4-6-10-14)22-19(24)18-13(2)23(21)20(25)16-12-8-7-11-15(16)18/h4-12,17H,3,21H2,1-2H3,(H,22,24). The fraction of sp³-hybridized carbons (Fsp3) is 0.200. The Bertz CT molecular complexity index is 977. The molecule has 128 valence electrons. The molecule has 0 aliphatic heterocycles. The van der Waals surface area contributed by atoms with Gasteiger partial charge in [0, 0.05) is 10.8 Å². The third kappa shape index (κ3) is 3.01. The van der Waals surface area contributed by atoms with E-state index >= 15 is 0 Å². The largest absolute Gasteiger partial charge is 0.345 e. The van der Waals surface area contributed by atoms with Crippen molar-refractivity contribution in [3.05, 3.63) is 81.8 Å². The third-order valence-corrected chi connectivity index (χ3v) is 4.51. The normalized spacial score (nSPS) is 12.1. The minimum absolute atomic E-state index is 0.106. The third-order valence-electron chi connectivity index (χ3n) is 4.51. The number of hydrogen-bond acceptors (Lipinski definition) is 3. The van der Waals surface area contributed by atoms with Crippen molar-refractivity contribution in [3.63, 3.8) is 0 Å². The van der Waals surface area contributed by atoms with Crippen molar-refractivity contribution < 1.29 is 4.79 Å². The van der Waals surface area contributed by atoms with Crippen LogP contribution in [0, 0.1) is 6.92 Å². The van der Waals surface area contributed by atoms with Gasteiger partial charge in [0.25, 0.3) is 11.5 Å². The maximum absolute atomic E-state index is 13.0. The second-order valence-electron chi connectivity index (χ2n) is 6.03. The summed E-state index contributed by atoms with van der Waals surface area (Å²) in [4.78, 5) is 25.3. The zero-order chi connectivity index (χ0) is 18.0. The molecule has 0 aliphatic carbocycles. The molecule has 1 aromatic heterocycles. The lowest BCUT2D eigenvalue weighted by molar-refractivity contribution is 0.0936. The molecular weight excluding hydrogens is 314 g/mol. The minimum Gasteiger partial charge on any atom is -0.345 e. The summed E-state index contributed by atoms with van der Waals surface area (Å²) in [6.45, 7) is 3.71. The van der Waals surface area contributed by atoms with Gasteiger partial charge in [-0.1, -0.05) is 55.5 Å². The van der Waals surface area contributed by atoms with Gasteiger partial charge in [0.2, 0.25) is 0 Å². The van der Waals surface area contributed by atoms with E-state index in [4.69, 9.17) is 5.84 Å². The van der Waals surface area contributed by atoms with Gasteiger partial charge in [-0.25, -0.2) is 4.68 Å². The maximum Gasteiger partial charge on any atom is 0.276 e. The summed E-state index contributed by atoms with van der Waals surface area (Å²) in [5.74, 6) is 5.65. The van der Waals surface area contributed by atoms with E-state index in [1.165, 1.54) is 0 Å². The van der Waals surface area contributed by atoms with Gasteiger partial charge < -0.3 is 11.2 Å². The van der Waals surface area contributed by atoms with Crippen molar-refractivity contribution in [1.82, 2.24) is 9.99 Å². The predicted octanol–water partition coefficient (Wildman–Crippen LogP) is 2.90. The van der Waals surface area contributed by atoms with Gasteiger partial charge >= 0.3 is 0 Å². The van der Waals surface area contributed by atoms with Crippen LogP contribution in [-0.4, -0.2) is 10.6 Å². The molecule has 0 aliphatic rings. The average Bonchev–Trinajstić information content (AvgIpc) is 2.65. The Balaban J connectivity index is 2.07. The van der Waals surface area contributed by atoms with Gasteiger partial charge in [-0.3, -0.25) is 9.59 Å². The quantitative estimate of drug-likeness (QED) is 0.720. The molecule has 1 amide bonds. The Hall–Kier alpha value is -3.08. The van der Waals surface area contributed by atoms with Crippen LogP contribution in [0.3, 0.4) is 0 Å². The van der Waals surface area contributed by atoms with Crippen LogP contribution in [0.5, 0.6) is 0 Å². The summed E-state index contributed by atoms with van der Waals surface area (Å²) in [5, 5.41) is 4.13. The highest BCUT2D eigenvalue weighted by molar-refractivity contribution is 6.07. The molecule has 3 rings (SSSR count). The number of amides is 1. The van der Waals surface area contributed by atoms with Gasteiger partial charge in [-0.05, 0) is 25.0 Å². The highest BCUT2D eigenvalue weighted by Crippen LogP contribution is 2.21. The second-order valence-corrected chi connectivity index (χ2v) is 6.03. The summed E-state index contributed by atoms with van der Waals surface area (Å²) in [6, 6.07) is 16.8. The summed E-state index contributed by atoms with van der Waals surface area (Å²) < 4.78 is 1.04. The van der Waals surface area contributed by atoms with Crippen molar-refractivity contribution in [2.75, 3.05) is 5.84 Å². The number of nitrogens with one attached hydrogen (secondary N) is 1. The number of nitrogens with zero attached hydrogens (tertiary/aromatic N) is 1. The summed E-state index contributed by atoms with van der Waals surface area (Å²) in [6.07, 6.45) is 0.759. The Morgan fingerprint density at radius 2 is 1.68 bits per heavy atom. The molecule has 0 saturated carbocycles. The van der Waals surface area contributed by atoms with Crippen LogP contribution in [0.2, 0.25) is 0 Å². The molecule has 0 radical (unpaired) electrons. The molecule has 2 aromatic carbocycles. The first kappa shape index (κ1) is 16.8. The molecule has 1 unspecified atom stereocenters. The number of aromatic nitrogens is 1. The molecule has 0 fully saturated rings. The van der Waals surface area contributed by atoms with E-state index in [9.17, 15) is 9.59 Å². The van der Waals surface area contributed by atoms with Crippen LogP contribution < -0.4 is 16.7 Å². The molecule has 5 heteroatoms. The predicted molar refractivity (Wildman–Crippen MR) is 100 cm³/mol. The first-order chi connectivity index (χ1) is 12.0. The van der Waals surface area contributed by atoms with Gasteiger partial charge in [0.05, 0.1) is 17.3 Å².